The van der Waals surface area contributed by atoms with Gasteiger partial charge in [0, 0.05) is 11.9 Å². The van der Waals surface area contributed by atoms with E-state index in [0.29, 0.717) is 0 Å². The van der Waals surface area contributed by atoms with E-state index < -0.39 is 16.0 Å². The molecule has 0 unspecified atom stereocenters. The van der Waals surface area contributed by atoms with Gasteiger partial charge in [0.25, 0.3) is 0 Å². The summed E-state index contributed by atoms with van der Waals surface area (Å²) in [5, 5.41) is 0. The Balaban J connectivity index is 2.61. The van der Waals surface area contributed by atoms with Gasteiger partial charge < -0.3 is 0 Å². The molecule has 0 aliphatic rings. The molecule has 5 heteroatoms. The molecule has 0 bridgehead atoms. The molecule has 0 aromatic carbocycles. The number of aromatic nitrogens is 1. The van der Waals surface area contributed by atoms with E-state index in [9.17, 15) is 12.3 Å². The van der Waals surface area contributed by atoms with Crippen LogP contribution in [0.1, 0.15) is 11.3 Å². The monoisotopic (exact) mass is 203 g/mol. The van der Waals surface area contributed by atoms with Crippen LogP contribution in [0.2, 0.25) is 0 Å². The van der Waals surface area contributed by atoms with Crippen molar-refractivity contribution in [1.29, 1.82) is 0 Å². The molecule has 0 fully saturated rings. The topological polar surface area (TPSA) is 47.0 Å². The SMILES string of the molecule is Cc1ccc(CCS(=O)(=O)F)cn1. The number of nitrogens with zero attached hydrogens (tertiary/aromatic N) is 1. The molecule has 1 aromatic rings. The van der Waals surface area contributed by atoms with Gasteiger partial charge in [0.05, 0.1) is 5.75 Å². The summed E-state index contributed by atoms with van der Waals surface area (Å²) in [4.78, 5) is 3.96. The van der Waals surface area contributed by atoms with Crippen molar-refractivity contribution in [2.45, 2.75) is 13.3 Å². The Morgan fingerprint density at radius 2 is 2.15 bits per heavy atom. The average Bonchev–Trinajstić information content (AvgIpc) is 2.02. The van der Waals surface area contributed by atoms with Crippen molar-refractivity contribution in [1.82, 2.24) is 4.98 Å². The van der Waals surface area contributed by atoms with Gasteiger partial charge in [-0.05, 0) is 25.0 Å². The van der Waals surface area contributed by atoms with Crippen LogP contribution in [0.3, 0.4) is 0 Å². The fraction of sp³-hybridized carbons (Fsp3) is 0.375. The summed E-state index contributed by atoms with van der Waals surface area (Å²) in [6.45, 7) is 1.83. The van der Waals surface area contributed by atoms with Crippen LogP contribution >= 0.6 is 0 Å². The van der Waals surface area contributed by atoms with Crippen molar-refractivity contribution in [2.24, 2.45) is 0 Å². The lowest BCUT2D eigenvalue weighted by Gasteiger charge is -1.97. The lowest BCUT2D eigenvalue weighted by atomic mass is 10.2. The van der Waals surface area contributed by atoms with Gasteiger partial charge in [-0.1, -0.05) is 6.07 Å². The Labute approximate surface area is 76.8 Å². The third kappa shape index (κ3) is 3.98. The number of halogens is 1. The first-order valence-electron chi connectivity index (χ1n) is 3.81. The molecule has 0 spiro atoms. The molecular weight excluding hydrogens is 193 g/mol. The standard InChI is InChI=1S/C8H10FNO2S/c1-7-2-3-8(6-10-7)4-5-13(9,11)12/h2-3,6H,4-5H2,1H3. The molecule has 0 radical (unpaired) electrons. The van der Waals surface area contributed by atoms with E-state index in [0.717, 1.165) is 11.3 Å². The second-order valence-corrected chi connectivity index (χ2v) is 4.29. The molecule has 3 nitrogen and oxygen atoms in total. The molecular formula is C8H10FNO2S. The van der Waals surface area contributed by atoms with Crippen LogP contribution in [0.4, 0.5) is 3.89 Å². The fourth-order valence-electron chi connectivity index (χ4n) is 0.886. The number of hydrogen-bond acceptors (Lipinski definition) is 3. The van der Waals surface area contributed by atoms with Gasteiger partial charge in [-0.15, -0.1) is 3.89 Å². The fourth-order valence-corrected chi connectivity index (χ4v) is 1.37. The lowest BCUT2D eigenvalue weighted by molar-refractivity contribution is 0.551. The van der Waals surface area contributed by atoms with E-state index in [-0.39, 0.29) is 6.42 Å². The number of rotatable bonds is 3. The van der Waals surface area contributed by atoms with Gasteiger partial charge in [-0.25, -0.2) is 0 Å². The minimum absolute atomic E-state index is 0.173. The van der Waals surface area contributed by atoms with E-state index in [1.807, 2.05) is 6.92 Å². The first-order valence-corrected chi connectivity index (χ1v) is 5.36. The molecule has 1 aromatic heterocycles. The molecule has 72 valence electrons. The zero-order valence-electron chi connectivity index (χ0n) is 7.20. The van der Waals surface area contributed by atoms with E-state index in [2.05, 4.69) is 4.98 Å². The highest BCUT2D eigenvalue weighted by Gasteiger charge is 2.06. The molecule has 1 rings (SSSR count). The molecule has 0 amide bonds. The number of hydrogen-bond donors (Lipinski definition) is 0. The Kier molecular flexibility index (Phi) is 2.98. The van der Waals surface area contributed by atoms with Crippen LogP contribution < -0.4 is 0 Å². The van der Waals surface area contributed by atoms with Crippen LogP contribution in [0, 0.1) is 6.92 Å². The van der Waals surface area contributed by atoms with Crippen LogP contribution in [0.15, 0.2) is 18.3 Å². The summed E-state index contributed by atoms with van der Waals surface area (Å²) >= 11 is 0. The van der Waals surface area contributed by atoms with Gasteiger partial charge in [0.15, 0.2) is 0 Å². The zero-order chi connectivity index (χ0) is 9.90. The Morgan fingerprint density at radius 3 is 2.62 bits per heavy atom. The average molecular weight is 203 g/mol. The van der Waals surface area contributed by atoms with E-state index >= 15 is 0 Å². The van der Waals surface area contributed by atoms with Crippen molar-refractivity contribution in [3.8, 4) is 0 Å². The number of pyridine rings is 1. The third-order valence-electron chi connectivity index (χ3n) is 1.61. The Bertz CT molecular complexity index is 372. The summed E-state index contributed by atoms with van der Waals surface area (Å²) in [5.74, 6) is -0.474. The normalized spacial score (nSPS) is 11.5. The summed E-state index contributed by atoms with van der Waals surface area (Å²) in [6.07, 6.45) is 1.73. The van der Waals surface area contributed by atoms with Crippen molar-refractivity contribution in [3.63, 3.8) is 0 Å². The van der Waals surface area contributed by atoms with Crippen molar-refractivity contribution in [2.75, 3.05) is 5.75 Å². The van der Waals surface area contributed by atoms with Crippen molar-refractivity contribution in [3.05, 3.63) is 29.6 Å². The van der Waals surface area contributed by atoms with Gasteiger partial charge in [-0.3, -0.25) is 4.98 Å². The van der Waals surface area contributed by atoms with Crippen LogP contribution in [0.5, 0.6) is 0 Å². The highest BCUT2D eigenvalue weighted by Crippen LogP contribution is 2.03. The zero-order valence-corrected chi connectivity index (χ0v) is 8.01. The summed E-state index contributed by atoms with van der Waals surface area (Å²) in [6, 6.07) is 3.51. The second-order valence-electron chi connectivity index (χ2n) is 2.80. The summed E-state index contributed by atoms with van der Waals surface area (Å²) in [7, 11) is -4.36. The summed E-state index contributed by atoms with van der Waals surface area (Å²) < 4.78 is 32.5. The third-order valence-corrected chi connectivity index (χ3v) is 2.30. The first kappa shape index (κ1) is 10.1. The molecule has 13 heavy (non-hydrogen) atoms. The Hall–Kier alpha value is -0.970. The number of aryl methyl sites for hydroxylation is 2. The quantitative estimate of drug-likeness (QED) is 0.694. The molecule has 1 heterocycles. The smallest absolute Gasteiger partial charge is 0.261 e. The van der Waals surface area contributed by atoms with Crippen molar-refractivity contribution >= 4 is 10.2 Å². The van der Waals surface area contributed by atoms with Gasteiger partial charge in [-0.2, -0.15) is 8.42 Å². The second kappa shape index (κ2) is 3.83. The molecule has 0 N–H and O–H groups in total. The largest absolute Gasteiger partial charge is 0.302 e. The molecule has 0 aliphatic carbocycles. The van der Waals surface area contributed by atoms with Gasteiger partial charge >= 0.3 is 10.2 Å². The van der Waals surface area contributed by atoms with E-state index in [4.69, 9.17) is 0 Å². The minimum Gasteiger partial charge on any atom is -0.261 e. The van der Waals surface area contributed by atoms with E-state index in [1.54, 1.807) is 18.3 Å². The van der Waals surface area contributed by atoms with E-state index in [1.165, 1.54) is 0 Å². The van der Waals surface area contributed by atoms with Crippen LogP contribution in [0.25, 0.3) is 0 Å². The minimum atomic E-state index is -4.36. The van der Waals surface area contributed by atoms with Gasteiger partial charge in [0.2, 0.25) is 0 Å². The maximum absolute atomic E-state index is 12.1. The van der Waals surface area contributed by atoms with Crippen LogP contribution in [-0.2, 0) is 16.6 Å². The highest BCUT2D eigenvalue weighted by atomic mass is 32.3. The highest BCUT2D eigenvalue weighted by molar-refractivity contribution is 7.86. The maximum Gasteiger partial charge on any atom is 0.302 e. The van der Waals surface area contributed by atoms with Crippen molar-refractivity contribution < 1.29 is 12.3 Å². The van der Waals surface area contributed by atoms with Gasteiger partial charge in [0.1, 0.15) is 0 Å². The predicted molar refractivity (Wildman–Crippen MR) is 47.6 cm³/mol. The van der Waals surface area contributed by atoms with Crippen LogP contribution in [-0.4, -0.2) is 19.2 Å². The molecule has 0 saturated heterocycles. The maximum atomic E-state index is 12.1. The Morgan fingerprint density at radius 1 is 1.46 bits per heavy atom. The molecule has 0 saturated carbocycles. The first-order chi connectivity index (χ1) is 5.97. The molecule has 0 atom stereocenters. The summed E-state index contributed by atoms with van der Waals surface area (Å²) in [5.41, 5.74) is 1.58. The molecule has 0 aliphatic heterocycles. The predicted octanol–water partition coefficient (Wildman–Crippen LogP) is 1.23. The lowest BCUT2D eigenvalue weighted by Crippen LogP contribution is -2.02.